The van der Waals surface area contributed by atoms with E-state index in [1.54, 1.807) is 18.0 Å². The van der Waals surface area contributed by atoms with E-state index in [9.17, 15) is 9.59 Å². The molecule has 1 N–H and O–H groups in total. The quantitative estimate of drug-likeness (QED) is 0.754. The first-order valence-corrected chi connectivity index (χ1v) is 7.30. The van der Waals surface area contributed by atoms with Crippen molar-refractivity contribution in [3.8, 4) is 0 Å². The lowest BCUT2D eigenvalue weighted by Crippen LogP contribution is -2.42. The molecule has 23 heavy (non-hydrogen) atoms. The first kappa shape index (κ1) is 15.3. The molecule has 0 aliphatic carbocycles. The lowest BCUT2D eigenvalue weighted by Gasteiger charge is -2.31. The number of morpholine rings is 1. The minimum atomic E-state index is -0.354. The highest BCUT2D eigenvalue weighted by Crippen LogP contribution is 2.19. The van der Waals surface area contributed by atoms with Crippen molar-refractivity contribution >= 4 is 5.91 Å². The van der Waals surface area contributed by atoms with Gasteiger partial charge in [0.2, 0.25) is 11.7 Å². The lowest BCUT2D eigenvalue weighted by molar-refractivity contribution is -0.139. The van der Waals surface area contributed by atoms with Crippen LogP contribution in [0.3, 0.4) is 0 Å². The third kappa shape index (κ3) is 3.77. The van der Waals surface area contributed by atoms with Gasteiger partial charge in [0.15, 0.2) is 0 Å². The number of aromatic nitrogens is 6. The van der Waals surface area contributed by atoms with Crippen molar-refractivity contribution in [1.29, 1.82) is 0 Å². The monoisotopic (exact) mass is 319 g/mol. The highest BCUT2D eigenvalue weighted by atomic mass is 16.5. The second-order valence-electron chi connectivity index (χ2n) is 5.25. The van der Waals surface area contributed by atoms with Crippen LogP contribution in [-0.4, -0.2) is 60.9 Å². The summed E-state index contributed by atoms with van der Waals surface area (Å²) in [7, 11) is 1.68. The maximum atomic E-state index is 12.3. The molecule has 2 aromatic heterocycles. The van der Waals surface area contributed by atoms with Gasteiger partial charge in [0.05, 0.1) is 25.9 Å². The molecule has 3 heterocycles. The Labute approximate surface area is 131 Å². The summed E-state index contributed by atoms with van der Waals surface area (Å²) in [5.74, 6) is 0.488. The Morgan fingerprint density at radius 1 is 1.48 bits per heavy atom. The van der Waals surface area contributed by atoms with Gasteiger partial charge in [0.25, 0.3) is 5.56 Å². The van der Waals surface area contributed by atoms with Crippen molar-refractivity contribution in [1.82, 2.24) is 35.3 Å². The van der Waals surface area contributed by atoms with E-state index >= 15 is 0 Å². The predicted octanol–water partition coefficient (Wildman–Crippen LogP) is -1.17. The topological polar surface area (TPSA) is 119 Å². The Balaban J connectivity index is 1.56. The molecule has 10 heteroatoms. The second-order valence-corrected chi connectivity index (χ2v) is 5.25. The van der Waals surface area contributed by atoms with Gasteiger partial charge in [-0.05, 0) is 11.3 Å². The number of hydrogen-bond donors (Lipinski definition) is 1. The largest absolute Gasteiger partial charge is 0.366 e. The summed E-state index contributed by atoms with van der Waals surface area (Å²) in [6.45, 7) is 1.38. The van der Waals surface area contributed by atoms with Crippen molar-refractivity contribution in [3.63, 3.8) is 0 Å². The third-order valence-corrected chi connectivity index (χ3v) is 3.56. The van der Waals surface area contributed by atoms with Crippen LogP contribution in [0.5, 0.6) is 0 Å². The second kappa shape index (κ2) is 6.65. The predicted molar refractivity (Wildman–Crippen MR) is 77.2 cm³/mol. The van der Waals surface area contributed by atoms with E-state index in [0.717, 1.165) is 0 Å². The molecular weight excluding hydrogens is 302 g/mol. The SMILES string of the molecule is Cn1nnc(C2CN(C(=O)CCc3ccc(=O)[nH]n3)CCO2)n1. The Morgan fingerprint density at radius 3 is 3.04 bits per heavy atom. The number of nitrogens with one attached hydrogen (secondary N) is 1. The molecule has 2 aromatic rings. The molecule has 0 saturated carbocycles. The zero-order chi connectivity index (χ0) is 16.2. The number of hydrogen-bond acceptors (Lipinski definition) is 7. The summed E-state index contributed by atoms with van der Waals surface area (Å²) in [6.07, 6.45) is 0.438. The number of tetrazole rings is 1. The fraction of sp³-hybridized carbons (Fsp3) is 0.538. The Morgan fingerprint density at radius 2 is 2.35 bits per heavy atom. The number of aromatic amines is 1. The van der Waals surface area contributed by atoms with Crippen LogP contribution in [0, 0.1) is 0 Å². The van der Waals surface area contributed by atoms with Crippen molar-refractivity contribution in [2.24, 2.45) is 7.05 Å². The summed E-state index contributed by atoms with van der Waals surface area (Å²) < 4.78 is 5.61. The molecule has 1 saturated heterocycles. The van der Waals surface area contributed by atoms with E-state index in [1.807, 2.05) is 0 Å². The Bertz CT molecular complexity index is 721. The summed E-state index contributed by atoms with van der Waals surface area (Å²) in [6, 6.07) is 3.02. The van der Waals surface area contributed by atoms with E-state index in [1.165, 1.54) is 10.9 Å². The number of rotatable bonds is 4. The van der Waals surface area contributed by atoms with E-state index in [0.29, 0.717) is 44.1 Å². The molecule has 122 valence electrons. The highest BCUT2D eigenvalue weighted by Gasteiger charge is 2.28. The van der Waals surface area contributed by atoms with E-state index < -0.39 is 0 Å². The molecule has 1 amide bonds. The number of H-pyrrole nitrogens is 1. The lowest BCUT2D eigenvalue weighted by atomic mass is 10.2. The van der Waals surface area contributed by atoms with Gasteiger partial charge in [-0.25, -0.2) is 5.10 Å². The fourth-order valence-electron chi connectivity index (χ4n) is 2.37. The van der Waals surface area contributed by atoms with Crippen LogP contribution in [-0.2, 0) is 23.0 Å². The molecule has 0 spiro atoms. The molecule has 1 aliphatic heterocycles. The van der Waals surface area contributed by atoms with Gasteiger partial charge in [-0.3, -0.25) is 9.59 Å². The number of ether oxygens (including phenoxy) is 1. The van der Waals surface area contributed by atoms with Gasteiger partial charge >= 0.3 is 0 Å². The number of amides is 1. The zero-order valence-electron chi connectivity index (χ0n) is 12.7. The van der Waals surface area contributed by atoms with E-state index in [4.69, 9.17) is 4.74 Å². The molecule has 1 atom stereocenters. The van der Waals surface area contributed by atoms with E-state index in [2.05, 4.69) is 25.6 Å². The van der Waals surface area contributed by atoms with Crippen LogP contribution in [0.15, 0.2) is 16.9 Å². The number of aryl methyl sites for hydroxylation is 2. The molecule has 0 bridgehead atoms. The fourth-order valence-corrected chi connectivity index (χ4v) is 2.37. The van der Waals surface area contributed by atoms with Gasteiger partial charge in [0, 0.05) is 25.5 Å². The molecular formula is C13H17N7O3. The molecule has 10 nitrogen and oxygen atoms in total. The molecule has 0 aromatic carbocycles. The van der Waals surface area contributed by atoms with Crippen LogP contribution in [0.4, 0.5) is 0 Å². The van der Waals surface area contributed by atoms with Crippen LogP contribution < -0.4 is 5.56 Å². The number of carbonyl (C=O) groups excluding carboxylic acids is 1. The van der Waals surface area contributed by atoms with Gasteiger partial charge in [0.1, 0.15) is 6.10 Å². The zero-order valence-corrected chi connectivity index (χ0v) is 12.7. The van der Waals surface area contributed by atoms with E-state index in [-0.39, 0.29) is 17.6 Å². The third-order valence-electron chi connectivity index (χ3n) is 3.56. The van der Waals surface area contributed by atoms with Gasteiger partial charge in [-0.1, -0.05) is 0 Å². The first-order chi connectivity index (χ1) is 11.1. The molecule has 3 rings (SSSR count). The van der Waals surface area contributed by atoms with Gasteiger partial charge in [-0.2, -0.15) is 9.90 Å². The Kier molecular flexibility index (Phi) is 4.42. The molecule has 1 aliphatic rings. The molecule has 0 radical (unpaired) electrons. The summed E-state index contributed by atoms with van der Waals surface area (Å²) >= 11 is 0. The van der Waals surface area contributed by atoms with Gasteiger partial charge in [-0.15, -0.1) is 10.2 Å². The smallest absolute Gasteiger partial charge is 0.264 e. The maximum Gasteiger partial charge on any atom is 0.264 e. The summed E-state index contributed by atoms with van der Waals surface area (Å²) in [5.41, 5.74) is 0.422. The van der Waals surface area contributed by atoms with Crippen molar-refractivity contribution in [2.75, 3.05) is 19.7 Å². The summed E-state index contributed by atoms with van der Waals surface area (Å²) in [5, 5.41) is 18.1. The average Bonchev–Trinajstić information content (AvgIpc) is 3.01. The minimum absolute atomic E-state index is 0.00944. The average molecular weight is 319 g/mol. The molecule has 1 unspecified atom stereocenters. The van der Waals surface area contributed by atoms with Crippen LogP contribution in [0.2, 0.25) is 0 Å². The Hall–Kier alpha value is -2.62. The van der Waals surface area contributed by atoms with Crippen molar-refractivity contribution in [2.45, 2.75) is 18.9 Å². The molecule has 1 fully saturated rings. The first-order valence-electron chi connectivity index (χ1n) is 7.30. The maximum absolute atomic E-state index is 12.3. The highest BCUT2D eigenvalue weighted by molar-refractivity contribution is 5.76. The van der Waals surface area contributed by atoms with Crippen molar-refractivity contribution in [3.05, 3.63) is 34.0 Å². The number of nitrogens with zero attached hydrogens (tertiary/aromatic N) is 6. The summed E-state index contributed by atoms with van der Waals surface area (Å²) in [4.78, 5) is 26.4. The van der Waals surface area contributed by atoms with Crippen molar-refractivity contribution < 1.29 is 9.53 Å². The van der Waals surface area contributed by atoms with Crippen LogP contribution in [0.25, 0.3) is 0 Å². The van der Waals surface area contributed by atoms with Crippen LogP contribution >= 0.6 is 0 Å². The van der Waals surface area contributed by atoms with Gasteiger partial charge < -0.3 is 9.64 Å². The van der Waals surface area contributed by atoms with Crippen LogP contribution in [0.1, 0.15) is 24.0 Å². The minimum Gasteiger partial charge on any atom is -0.366 e. The standard InChI is InChI=1S/C13H17N7O3/c1-19-17-13(16-18-19)10-8-20(6-7-23-10)12(22)5-3-9-2-4-11(21)15-14-9/h2,4,10H,3,5-8H2,1H3,(H,15,21). The number of carbonyl (C=O) groups is 1. The normalized spacial score (nSPS) is 18.1.